The second kappa shape index (κ2) is 12.6. The highest BCUT2D eigenvalue weighted by atomic mass is 16.5. The summed E-state index contributed by atoms with van der Waals surface area (Å²) in [6.45, 7) is 3.67. The van der Waals surface area contributed by atoms with Crippen molar-refractivity contribution in [3.63, 3.8) is 0 Å². The van der Waals surface area contributed by atoms with Crippen LogP contribution in [0.15, 0.2) is 48.5 Å². The van der Waals surface area contributed by atoms with Crippen molar-refractivity contribution in [3.8, 4) is 11.1 Å². The van der Waals surface area contributed by atoms with E-state index in [0.29, 0.717) is 42.7 Å². The van der Waals surface area contributed by atoms with Gasteiger partial charge >= 0.3 is 11.9 Å². The highest BCUT2D eigenvalue weighted by molar-refractivity contribution is 6.18. The van der Waals surface area contributed by atoms with Crippen LogP contribution in [0.2, 0.25) is 0 Å². The molecule has 0 N–H and O–H groups in total. The first kappa shape index (κ1) is 27.2. The van der Waals surface area contributed by atoms with E-state index in [2.05, 4.69) is 0 Å². The third kappa shape index (κ3) is 6.36. The number of carbonyl (C=O) groups excluding carboxylic acids is 4. The van der Waals surface area contributed by atoms with Gasteiger partial charge in [0.25, 0.3) is 0 Å². The van der Waals surface area contributed by atoms with Gasteiger partial charge in [-0.2, -0.15) is 0 Å². The van der Waals surface area contributed by atoms with Crippen LogP contribution in [0.3, 0.4) is 0 Å². The number of esters is 2. The van der Waals surface area contributed by atoms with Crippen molar-refractivity contribution < 1.29 is 28.7 Å². The second-order valence-corrected chi connectivity index (χ2v) is 9.81. The van der Waals surface area contributed by atoms with Gasteiger partial charge < -0.3 is 9.47 Å². The van der Waals surface area contributed by atoms with Crippen molar-refractivity contribution in [1.82, 2.24) is 0 Å². The molecule has 6 heteroatoms. The number of rotatable bonds is 2. The molecule has 0 radical (unpaired) electrons. The number of fused-ring (bicyclic) bond motifs is 2. The van der Waals surface area contributed by atoms with E-state index in [9.17, 15) is 19.2 Å². The summed E-state index contributed by atoms with van der Waals surface area (Å²) in [5.74, 6) is -0.935. The molecule has 1 heterocycles. The third-order valence-electron chi connectivity index (χ3n) is 7.05. The topological polar surface area (TPSA) is 86.7 Å². The molecular formula is C32H34O6. The molecular weight excluding hydrogens is 480 g/mol. The molecule has 4 bridgehead atoms. The van der Waals surface area contributed by atoms with E-state index in [1.54, 1.807) is 6.07 Å². The van der Waals surface area contributed by atoms with E-state index < -0.39 is 0 Å². The van der Waals surface area contributed by atoms with Gasteiger partial charge in [0, 0.05) is 29.5 Å². The quantitative estimate of drug-likeness (QED) is 0.289. The van der Waals surface area contributed by atoms with Crippen LogP contribution in [-0.4, -0.2) is 36.7 Å². The smallest absolute Gasteiger partial charge is 0.306 e. The molecule has 0 fully saturated rings. The summed E-state index contributed by atoms with van der Waals surface area (Å²) < 4.78 is 10.9. The van der Waals surface area contributed by atoms with Gasteiger partial charge in [0.15, 0.2) is 11.6 Å². The van der Waals surface area contributed by atoms with Crippen LogP contribution in [0, 0.1) is 0 Å². The summed E-state index contributed by atoms with van der Waals surface area (Å²) in [7, 11) is 0. The first-order valence-electron chi connectivity index (χ1n) is 13.4. The molecule has 4 rings (SSSR count). The molecule has 198 valence electrons. The maximum atomic E-state index is 13.0. The Kier molecular flexibility index (Phi) is 9.06. The molecule has 0 aliphatic carbocycles. The molecule has 3 aromatic carbocycles. The van der Waals surface area contributed by atoms with Crippen molar-refractivity contribution >= 4 is 34.3 Å². The minimum atomic E-state index is -0.264. The molecule has 38 heavy (non-hydrogen) atoms. The van der Waals surface area contributed by atoms with Gasteiger partial charge in [-0.3, -0.25) is 19.2 Å². The lowest BCUT2D eigenvalue weighted by atomic mass is 9.83. The highest BCUT2D eigenvalue weighted by Gasteiger charge is 2.23. The van der Waals surface area contributed by atoms with Crippen molar-refractivity contribution in [1.29, 1.82) is 0 Å². The first-order chi connectivity index (χ1) is 18.4. The van der Waals surface area contributed by atoms with E-state index in [1.165, 1.54) is 13.8 Å². The number of aryl methyl sites for hydroxylation is 2. The third-order valence-corrected chi connectivity index (χ3v) is 7.05. The molecule has 6 nitrogen and oxygen atoms in total. The van der Waals surface area contributed by atoms with Crippen LogP contribution in [0.1, 0.15) is 84.2 Å². The number of carbonyl (C=O) groups is 4. The second-order valence-electron chi connectivity index (χ2n) is 9.81. The van der Waals surface area contributed by atoms with Crippen LogP contribution < -0.4 is 0 Å². The Balaban J connectivity index is 1.90. The number of hydrogen-bond donors (Lipinski definition) is 0. The SMILES string of the molecule is CC(=O)c1cc2c3cccc2c(c1C(C)=O)-c1ccccc1CCC(=O)OCCCCCCOC(=O)CC3. The predicted octanol–water partition coefficient (Wildman–Crippen LogP) is 6.44. The van der Waals surface area contributed by atoms with Gasteiger partial charge in [-0.05, 0) is 85.9 Å². The normalized spacial score (nSPS) is 15.8. The van der Waals surface area contributed by atoms with Crippen LogP contribution >= 0.6 is 0 Å². The number of hydrogen-bond acceptors (Lipinski definition) is 6. The Labute approximate surface area is 223 Å². The van der Waals surface area contributed by atoms with E-state index in [0.717, 1.165) is 53.1 Å². The van der Waals surface area contributed by atoms with E-state index in [-0.39, 0.29) is 36.3 Å². The summed E-state index contributed by atoms with van der Waals surface area (Å²) in [6, 6.07) is 15.3. The molecule has 1 aliphatic rings. The monoisotopic (exact) mass is 514 g/mol. The number of benzene rings is 3. The molecule has 0 aromatic heterocycles. The van der Waals surface area contributed by atoms with Gasteiger partial charge in [-0.1, -0.05) is 42.5 Å². The van der Waals surface area contributed by atoms with Gasteiger partial charge in [0.1, 0.15) is 0 Å². The van der Waals surface area contributed by atoms with Crippen molar-refractivity contribution in [2.75, 3.05) is 13.2 Å². The highest BCUT2D eigenvalue weighted by Crippen LogP contribution is 2.39. The zero-order valence-electron chi connectivity index (χ0n) is 22.1. The van der Waals surface area contributed by atoms with Crippen LogP contribution in [0.5, 0.6) is 0 Å². The fourth-order valence-corrected chi connectivity index (χ4v) is 5.16. The molecule has 0 unspecified atom stereocenters. The summed E-state index contributed by atoms with van der Waals surface area (Å²) in [5, 5.41) is 1.66. The van der Waals surface area contributed by atoms with Gasteiger partial charge in [-0.15, -0.1) is 0 Å². The van der Waals surface area contributed by atoms with Gasteiger partial charge in [0.05, 0.1) is 13.2 Å². The maximum Gasteiger partial charge on any atom is 0.306 e. The average molecular weight is 515 g/mol. The van der Waals surface area contributed by atoms with E-state index in [1.807, 2.05) is 42.5 Å². The number of ether oxygens (including phenoxy) is 2. The predicted molar refractivity (Wildman–Crippen MR) is 146 cm³/mol. The average Bonchev–Trinajstić information content (AvgIpc) is 2.90. The van der Waals surface area contributed by atoms with Crippen molar-refractivity contribution in [2.24, 2.45) is 0 Å². The Morgan fingerprint density at radius 3 is 1.89 bits per heavy atom. The van der Waals surface area contributed by atoms with Crippen LogP contribution in [-0.2, 0) is 31.9 Å². The van der Waals surface area contributed by atoms with Crippen molar-refractivity contribution in [3.05, 3.63) is 70.8 Å². The fraction of sp³-hybridized carbons (Fsp3) is 0.375. The van der Waals surface area contributed by atoms with E-state index in [4.69, 9.17) is 9.47 Å². The molecule has 0 spiro atoms. The lowest BCUT2D eigenvalue weighted by Gasteiger charge is -2.20. The summed E-state index contributed by atoms with van der Waals surface area (Å²) in [6.07, 6.45) is 4.69. The Morgan fingerprint density at radius 1 is 0.658 bits per heavy atom. The molecule has 1 aliphatic heterocycles. The maximum absolute atomic E-state index is 13.0. The summed E-state index contributed by atoms with van der Waals surface area (Å²) in [4.78, 5) is 50.8. The van der Waals surface area contributed by atoms with Crippen molar-refractivity contribution in [2.45, 2.75) is 65.2 Å². The fourth-order valence-electron chi connectivity index (χ4n) is 5.16. The first-order valence-corrected chi connectivity index (χ1v) is 13.4. The largest absolute Gasteiger partial charge is 0.466 e. The van der Waals surface area contributed by atoms with Crippen LogP contribution in [0.4, 0.5) is 0 Å². The molecule has 0 amide bonds. The summed E-state index contributed by atoms with van der Waals surface area (Å²) in [5.41, 5.74) is 4.03. The molecule has 3 aromatic rings. The zero-order valence-corrected chi connectivity index (χ0v) is 22.1. The Bertz CT molecular complexity index is 1370. The Morgan fingerprint density at radius 2 is 1.26 bits per heavy atom. The number of cyclic esters (lactones) is 2. The minimum Gasteiger partial charge on any atom is -0.466 e. The van der Waals surface area contributed by atoms with Crippen LogP contribution in [0.25, 0.3) is 21.9 Å². The van der Waals surface area contributed by atoms with Gasteiger partial charge in [-0.25, -0.2) is 0 Å². The number of Topliss-reactive ketones (excluding diaryl/α,β-unsaturated/α-hetero) is 2. The molecule has 0 saturated heterocycles. The zero-order chi connectivity index (χ0) is 27.1. The standard InChI is InChI=1S/C32H34O6/c1-21(33)27-20-28-24-11-9-13-26(28)32(31(27)22(2)34)25-12-6-5-10-23(25)14-16-29(35)37-18-7-3-4-8-19-38-30(36)17-15-24/h5-6,9-13,20H,3-4,7-8,14-19H2,1-2H3. The Hall–Kier alpha value is -3.80. The molecule has 0 atom stereocenters. The van der Waals surface area contributed by atoms with E-state index >= 15 is 0 Å². The lowest BCUT2D eigenvalue weighted by Crippen LogP contribution is -2.11. The van der Waals surface area contributed by atoms with Gasteiger partial charge in [0.2, 0.25) is 0 Å². The number of ketones is 2. The minimum absolute atomic E-state index is 0.204. The lowest BCUT2D eigenvalue weighted by molar-refractivity contribution is -0.145. The molecule has 0 saturated carbocycles. The summed E-state index contributed by atoms with van der Waals surface area (Å²) >= 11 is 0.